The van der Waals surface area contributed by atoms with Crippen molar-refractivity contribution in [2.75, 3.05) is 13.2 Å². The van der Waals surface area contributed by atoms with Crippen molar-refractivity contribution in [2.24, 2.45) is 0 Å². The number of phosphoric acid groups is 1. The van der Waals surface area contributed by atoms with Gasteiger partial charge in [0.15, 0.2) is 0 Å². The Morgan fingerprint density at radius 1 is 0.826 bits per heavy atom. The first kappa shape index (κ1) is 21.5. The molecule has 0 aliphatic carbocycles. The van der Waals surface area contributed by atoms with Crippen molar-refractivity contribution in [2.45, 2.75) is 38.5 Å². The molecule has 8 nitrogen and oxygen atoms in total. The lowest BCUT2D eigenvalue weighted by Gasteiger charge is -2.13. The van der Waals surface area contributed by atoms with Gasteiger partial charge in [-0.1, -0.05) is 13.2 Å². The topological polar surface area (TPSA) is 130 Å². The highest BCUT2D eigenvalue weighted by molar-refractivity contribution is 7.48. The zero-order chi connectivity index (χ0) is 17.9. The summed E-state index contributed by atoms with van der Waals surface area (Å²) in [7, 11) is -4.91. The van der Waals surface area contributed by atoms with E-state index < -0.39 is 19.8 Å². The molecule has 0 heterocycles. The van der Waals surface area contributed by atoms with Crippen LogP contribution < -0.4 is 0 Å². The number of carbonyl (C=O) groups is 2. The van der Waals surface area contributed by atoms with Gasteiger partial charge in [0.25, 0.3) is 0 Å². The SMILES string of the molecule is C=C(CCCCO)C(=O)OP(=O)(O)OC(=O)C(=C)CCCCO. The summed E-state index contributed by atoms with van der Waals surface area (Å²) in [5, 5.41) is 17.2. The molecule has 0 unspecified atom stereocenters. The van der Waals surface area contributed by atoms with Crippen molar-refractivity contribution < 1.29 is 38.3 Å². The maximum atomic E-state index is 11.6. The van der Waals surface area contributed by atoms with Crippen LogP contribution in [-0.2, 0) is 23.2 Å². The third-order valence-electron chi connectivity index (χ3n) is 2.75. The average molecular weight is 350 g/mol. The molecule has 3 N–H and O–H groups in total. The number of hydrogen-bond donors (Lipinski definition) is 3. The first-order chi connectivity index (χ1) is 10.7. The Kier molecular flexibility index (Phi) is 10.4. The van der Waals surface area contributed by atoms with Crippen molar-refractivity contribution in [1.29, 1.82) is 0 Å². The molecule has 0 radical (unpaired) electrons. The Hall–Kier alpha value is -1.47. The van der Waals surface area contributed by atoms with E-state index in [-0.39, 0.29) is 37.2 Å². The third kappa shape index (κ3) is 10.0. The molecule has 0 spiro atoms. The number of unbranched alkanes of at least 4 members (excludes halogenated alkanes) is 2. The second-order valence-electron chi connectivity index (χ2n) is 4.79. The maximum absolute atomic E-state index is 11.6. The molecule has 0 aliphatic heterocycles. The van der Waals surface area contributed by atoms with Crippen LogP contribution >= 0.6 is 7.82 Å². The minimum atomic E-state index is -4.91. The minimum absolute atomic E-state index is 0.0448. The maximum Gasteiger partial charge on any atom is 0.589 e. The van der Waals surface area contributed by atoms with E-state index in [2.05, 4.69) is 22.2 Å². The van der Waals surface area contributed by atoms with Gasteiger partial charge >= 0.3 is 19.8 Å². The number of aliphatic hydroxyl groups excluding tert-OH is 2. The van der Waals surface area contributed by atoms with E-state index in [0.29, 0.717) is 25.7 Å². The number of carbonyl (C=O) groups excluding carboxylic acids is 2. The molecule has 9 heteroatoms. The Bertz CT molecular complexity index is 445. The van der Waals surface area contributed by atoms with Gasteiger partial charge in [0.05, 0.1) is 0 Å². The van der Waals surface area contributed by atoms with Crippen molar-refractivity contribution in [3.05, 3.63) is 24.3 Å². The van der Waals surface area contributed by atoms with Gasteiger partial charge in [0.2, 0.25) is 0 Å². The Balaban J connectivity index is 4.38. The van der Waals surface area contributed by atoms with Gasteiger partial charge < -0.3 is 19.3 Å². The zero-order valence-electron chi connectivity index (χ0n) is 12.9. The average Bonchev–Trinajstić information content (AvgIpc) is 2.46. The molecule has 0 aromatic carbocycles. The van der Waals surface area contributed by atoms with Crippen LogP contribution in [0.1, 0.15) is 38.5 Å². The molecule has 0 fully saturated rings. The fourth-order valence-corrected chi connectivity index (χ4v) is 2.18. The lowest BCUT2D eigenvalue weighted by molar-refractivity contribution is -0.136. The lowest BCUT2D eigenvalue weighted by atomic mass is 10.1. The molecule has 0 rings (SSSR count). The van der Waals surface area contributed by atoms with Crippen molar-refractivity contribution in [3.8, 4) is 0 Å². The van der Waals surface area contributed by atoms with E-state index in [1.165, 1.54) is 0 Å². The summed E-state index contributed by atoms with van der Waals surface area (Å²) >= 11 is 0. The standard InChI is InChI=1S/C14H23O8P/c1-11(7-3-5-9-15)13(17)21-23(19,20)22-14(18)12(2)8-4-6-10-16/h15-16H,1-10H2,(H,19,20). The quantitative estimate of drug-likeness (QED) is 0.275. The molecule has 0 amide bonds. The Labute approximate surface area is 135 Å². The summed E-state index contributed by atoms with van der Waals surface area (Å²) in [6.45, 7) is 6.72. The summed E-state index contributed by atoms with van der Waals surface area (Å²) in [6, 6.07) is 0. The predicted octanol–water partition coefficient (Wildman–Crippen LogP) is 1.61. The first-order valence-electron chi connectivity index (χ1n) is 7.11. The molecule has 0 aromatic rings. The highest BCUT2D eigenvalue weighted by Gasteiger charge is 2.32. The highest BCUT2D eigenvalue weighted by atomic mass is 31.2. The largest absolute Gasteiger partial charge is 0.589 e. The summed E-state index contributed by atoms with van der Waals surface area (Å²) < 4.78 is 20.1. The first-order valence-corrected chi connectivity index (χ1v) is 8.61. The molecular weight excluding hydrogens is 327 g/mol. The highest BCUT2D eigenvalue weighted by Crippen LogP contribution is 2.45. The summed E-state index contributed by atoms with van der Waals surface area (Å²) in [4.78, 5) is 32.5. The number of phosphoric ester groups is 1. The second-order valence-corrected chi connectivity index (χ2v) is 6.10. The van der Waals surface area contributed by atoms with E-state index in [1.807, 2.05) is 0 Å². The monoisotopic (exact) mass is 350 g/mol. The zero-order valence-corrected chi connectivity index (χ0v) is 13.8. The van der Waals surface area contributed by atoms with Crippen LogP contribution in [0.3, 0.4) is 0 Å². The molecule has 132 valence electrons. The Morgan fingerprint density at radius 3 is 1.48 bits per heavy atom. The van der Waals surface area contributed by atoms with E-state index in [0.717, 1.165) is 0 Å². The van der Waals surface area contributed by atoms with E-state index >= 15 is 0 Å². The van der Waals surface area contributed by atoms with E-state index in [4.69, 9.17) is 10.2 Å². The van der Waals surface area contributed by atoms with Gasteiger partial charge in [-0.2, -0.15) is 0 Å². The molecule has 0 saturated carbocycles. The number of aliphatic hydroxyl groups is 2. The van der Waals surface area contributed by atoms with Gasteiger partial charge in [-0.15, -0.1) is 0 Å². The van der Waals surface area contributed by atoms with Gasteiger partial charge in [-0.05, 0) is 38.5 Å². The molecule has 0 atom stereocenters. The molecule has 0 aromatic heterocycles. The lowest BCUT2D eigenvalue weighted by Crippen LogP contribution is -2.11. The fourth-order valence-electron chi connectivity index (χ4n) is 1.46. The van der Waals surface area contributed by atoms with Crippen molar-refractivity contribution in [3.63, 3.8) is 0 Å². The Morgan fingerprint density at radius 2 is 1.17 bits per heavy atom. The van der Waals surface area contributed by atoms with Crippen LogP contribution in [0.2, 0.25) is 0 Å². The van der Waals surface area contributed by atoms with Gasteiger partial charge in [0.1, 0.15) is 0 Å². The van der Waals surface area contributed by atoms with Crippen LogP contribution in [0, 0.1) is 0 Å². The number of rotatable bonds is 12. The summed E-state index contributed by atoms with van der Waals surface area (Å²) in [5.41, 5.74) is -0.129. The second kappa shape index (κ2) is 11.1. The van der Waals surface area contributed by atoms with E-state index in [9.17, 15) is 19.0 Å². The third-order valence-corrected chi connectivity index (χ3v) is 3.54. The van der Waals surface area contributed by atoms with Crippen molar-refractivity contribution in [1.82, 2.24) is 0 Å². The van der Waals surface area contributed by atoms with E-state index in [1.54, 1.807) is 0 Å². The van der Waals surface area contributed by atoms with Crippen LogP contribution in [0.5, 0.6) is 0 Å². The van der Waals surface area contributed by atoms with Crippen LogP contribution in [0.25, 0.3) is 0 Å². The number of hydrogen-bond acceptors (Lipinski definition) is 7. The van der Waals surface area contributed by atoms with Gasteiger partial charge in [-0.25, -0.2) is 14.2 Å². The molecule has 0 saturated heterocycles. The normalized spacial score (nSPS) is 10.9. The van der Waals surface area contributed by atoms with Crippen LogP contribution in [0.4, 0.5) is 0 Å². The molecule has 0 bridgehead atoms. The van der Waals surface area contributed by atoms with Gasteiger partial charge in [-0.3, -0.25) is 4.89 Å². The van der Waals surface area contributed by atoms with Crippen LogP contribution in [-0.4, -0.2) is 40.3 Å². The molecule has 23 heavy (non-hydrogen) atoms. The summed E-state index contributed by atoms with van der Waals surface area (Å²) in [6.07, 6.45) is 2.18. The fraction of sp³-hybridized carbons (Fsp3) is 0.571. The molecular formula is C14H23O8P. The van der Waals surface area contributed by atoms with Crippen molar-refractivity contribution >= 4 is 19.8 Å². The summed E-state index contributed by atoms with van der Waals surface area (Å²) in [5.74, 6) is -2.29. The smallest absolute Gasteiger partial charge is 0.396 e. The van der Waals surface area contributed by atoms with Crippen LogP contribution in [0.15, 0.2) is 24.3 Å². The predicted molar refractivity (Wildman–Crippen MR) is 82.2 cm³/mol. The molecule has 0 aliphatic rings. The minimum Gasteiger partial charge on any atom is -0.396 e. The van der Waals surface area contributed by atoms with Gasteiger partial charge in [0, 0.05) is 24.4 Å².